The van der Waals surface area contributed by atoms with Crippen LogP contribution in [0.15, 0.2) is 41.6 Å². The van der Waals surface area contributed by atoms with Gasteiger partial charge in [0.25, 0.3) is 0 Å². The van der Waals surface area contributed by atoms with Crippen molar-refractivity contribution in [2.45, 2.75) is 24.3 Å². The van der Waals surface area contributed by atoms with Crippen molar-refractivity contribution in [2.75, 3.05) is 30.3 Å². The molecular weight excluding hydrogens is 326 g/mol. The molecule has 1 aromatic carbocycles. The largest absolute Gasteiger partial charge is 0.367 e. The first-order valence-electron chi connectivity index (χ1n) is 8.05. The fourth-order valence-corrected chi connectivity index (χ4v) is 3.87. The van der Waals surface area contributed by atoms with Crippen LogP contribution in [-0.2, 0) is 27.2 Å². The number of hydrogen-bond donors (Lipinski definition) is 0. The Balaban J connectivity index is 1.82. The summed E-state index contributed by atoms with van der Waals surface area (Å²) in [6, 6.07) is 7.12. The highest BCUT2D eigenvalue weighted by Gasteiger charge is 2.35. The zero-order chi connectivity index (χ0) is 17.4. The molecule has 2 heterocycles. The normalized spacial score (nSPS) is 21.9. The van der Waals surface area contributed by atoms with E-state index in [1.165, 1.54) is 0 Å². The van der Waals surface area contributed by atoms with Crippen molar-refractivity contribution in [2.24, 2.45) is 7.05 Å². The Bertz CT molecular complexity index is 814. The number of rotatable bonds is 4. The van der Waals surface area contributed by atoms with E-state index in [4.69, 9.17) is 4.74 Å². The summed E-state index contributed by atoms with van der Waals surface area (Å²) < 4.78 is 31.7. The van der Waals surface area contributed by atoms with E-state index in [2.05, 4.69) is 16.9 Å². The molecule has 0 N–H and O–H groups in total. The summed E-state index contributed by atoms with van der Waals surface area (Å²) in [5.41, 5.74) is 1.61. The lowest BCUT2D eigenvalue weighted by Gasteiger charge is -2.41. The van der Waals surface area contributed by atoms with Gasteiger partial charge in [0.15, 0.2) is 9.84 Å². The van der Waals surface area contributed by atoms with Crippen LogP contribution in [0.3, 0.4) is 0 Å². The molecule has 1 aliphatic rings. The van der Waals surface area contributed by atoms with Gasteiger partial charge in [0.1, 0.15) is 5.60 Å². The summed E-state index contributed by atoms with van der Waals surface area (Å²) in [4.78, 5) is 2.59. The van der Waals surface area contributed by atoms with Gasteiger partial charge in [0.05, 0.1) is 30.0 Å². The monoisotopic (exact) mass is 349 g/mol. The van der Waals surface area contributed by atoms with Crippen molar-refractivity contribution >= 4 is 15.5 Å². The maximum absolute atomic E-state index is 11.9. The van der Waals surface area contributed by atoms with Crippen LogP contribution in [0, 0.1) is 0 Å². The molecule has 0 saturated carbocycles. The molecule has 1 aliphatic heterocycles. The van der Waals surface area contributed by atoms with Crippen LogP contribution in [0.2, 0.25) is 0 Å². The lowest BCUT2D eigenvalue weighted by Crippen LogP contribution is -2.48. The number of aryl methyl sites for hydroxylation is 1. The third-order valence-corrected chi connectivity index (χ3v) is 6.28. The lowest BCUT2D eigenvalue weighted by molar-refractivity contribution is -0.0466. The lowest BCUT2D eigenvalue weighted by atomic mass is 9.96. The van der Waals surface area contributed by atoms with Crippen molar-refractivity contribution in [1.82, 2.24) is 9.78 Å². The quantitative estimate of drug-likeness (QED) is 0.844. The average molecular weight is 349 g/mol. The topological polar surface area (TPSA) is 64.4 Å². The highest BCUT2D eigenvalue weighted by atomic mass is 32.2. The molecule has 24 heavy (non-hydrogen) atoms. The Morgan fingerprint density at radius 3 is 2.58 bits per heavy atom. The number of anilines is 1. The highest BCUT2D eigenvalue weighted by Crippen LogP contribution is 2.31. The summed E-state index contributed by atoms with van der Waals surface area (Å²) in [7, 11) is -1.27. The van der Waals surface area contributed by atoms with Crippen molar-refractivity contribution in [1.29, 1.82) is 0 Å². The van der Waals surface area contributed by atoms with Crippen LogP contribution >= 0.6 is 0 Å². The molecular formula is C17H23N3O3S. The van der Waals surface area contributed by atoms with Crippen LogP contribution in [0.25, 0.3) is 0 Å². The van der Waals surface area contributed by atoms with Crippen molar-refractivity contribution in [3.8, 4) is 0 Å². The number of morpholine rings is 1. The SMILES string of the molecule is CCS(=O)(=O)c1ccc(N2CCOC(C)(c3cnn(C)c3)C2)cc1. The Morgan fingerprint density at radius 2 is 2.00 bits per heavy atom. The summed E-state index contributed by atoms with van der Waals surface area (Å²) >= 11 is 0. The molecule has 0 amide bonds. The van der Waals surface area contributed by atoms with Gasteiger partial charge in [-0.2, -0.15) is 5.10 Å². The second-order valence-corrected chi connectivity index (χ2v) is 8.58. The molecule has 1 atom stereocenters. The molecule has 1 saturated heterocycles. The molecule has 1 unspecified atom stereocenters. The molecule has 1 aromatic heterocycles. The molecule has 6 nitrogen and oxygen atoms in total. The Morgan fingerprint density at radius 1 is 1.29 bits per heavy atom. The van der Waals surface area contributed by atoms with E-state index < -0.39 is 15.4 Å². The number of aromatic nitrogens is 2. The Kier molecular flexibility index (Phi) is 4.40. The third-order valence-electron chi connectivity index (χ3n) is 4.53. The molecule has 130 valence electrons. The van der Waals surface area contributed by atoms with Gasteiger partial charge in [-0.15, -0.1) is 0 Å². The zero-order valence-corrected chi connectivity index (χ0v) is 15.1. The summed E-state index contributed by atoms with van der Waals surface area (Å²) in [5, 5.41) is 4.23. The molecule has 2 aromatic rings. The van der Waals surface area contributed by atoms with Crippen LogP contribution in [0.1, 0.15) is 19.4 Å². The summed E-state index contributed by atoms with van der Waals surface area (Å²) in [6.07, 6.45) is 3.81. The van der Waals surface area contributed by atoms with Crippen LogP contribution in [-0.4, -0.2) is 43.6 Å². The number of nitrogens with zero attached hydrogens (tertiary/aromatic N) is 3. The smallest absolute Gasteiger partial charge is 0.178 e. The minimum absolute atomic E-state index is 0.114. The van der Waals surface area contributed by atoms with Crippen molar-refractivity contribution in [3.63, 3.8) is 0 Å². The Hall–Kier alpha value is -1.86. The van der Waals surface area contributed by atoms with Gasteiger partial charge in [0.2, 0.25) is 0 Å². The van der Waals surface area contributed by atoms with E-state index in [0.717, 1.165) is 17.8 Å². The molecule has 0 bridgehead atoms. The molecule has 0 aliphatic carbocycles. The van der Waals surface area contributed by atoms with Gasteiger partial charge < -0.3 is 9.64 Å². The minimum atomic E-state index is -3.16. The summed E-state index contributed by atoms with van der Waals surface area (Å²) in [6.45, 7) is 5.80. The molecule has 0 spiro atoms. The number of benzene rings is 1. The van der Waals surface area contributed by atoms with E-state index in [9.17, 15) is 8.42 Å². The molecule has 0 radical (unpaired) electrons. The standard InChI is InChI=1S/C17H23N3O3S/c1-4-24(21,22)16-7-5-15(6-8-16)20-9-10-23-17(2,13-20)14-11-18-19(3)12-14/h5-8,11-12H,4,9-10,13H2,1-3H3. The van der Waals surface area contributed by atoms with Crippen LogP contribution in [0.5, 0.6) is 0 Å². The minimum Gasteiger partial charge on any atom is -0.367 e. The van der Waals surface area contributed by atoms with E-state index in [-0.39, 0.29) is 5.75 Å². The van der Waals surface area contributed by atoms with Gasteiger partial charge in [-0.25, -0.2) is 8.42 Å². The van der Waals surface area contributed by atoms with Crippen molar-refractivity contribution in [3.05, 3.63) is 42.2 Å². The van der Waals surface area contributed by atoms with E-state index >= 15 is 0 Å². The number of hydrogen-bond acceptors (Lipinski definition) is 5. The second-order valence-electron chi connectivity index (χ2n) is 6.30. The van der Waals surface area contributed by atoms with Gasteiger partial charge in [-0.1, -0.05) is 6.92 Å². The first-order valence-corrected chi connectivity index (χ1v) is 9.70. The predicted octanol–water partition coefficient (Wildman–Crippen LogP) is 1.97. The van der Waals surface area contributed by atoms with E-state index in [1.54, 1.807) is 23.7 Å². The predicted molar refractivity (Wildman–Crippen MR) is 92.9 cm³/mol. The van der Waals surface area contributed by atoms with Crippen LogP contribution in [0.4, 0.5) is 5.69 Å². The first kappa shape index (κ1) is 17.0. The van der Waals surface area contributed by atoms with E-state index in [1.807, 2.05) is 31.6 Å². The molecule has 3 rings (SSSR count). The second kappa shape index (κ2) is 6.22. The molecule has 7 heteroatoms. The first-order chi connectivity index (χ1) is 11.3. The van der Waals surface area contributed by atoms with Crippen LogP contribution < -0.4 is 4.90 Å². The fraction of sp³-hybridized carbons (Fsp3) is 0.471. The zero-order valence-electron chi connectivity index (χ0n) is 14.3. The average Bonchev–Trinajstić information content (AvgIpc) is 3.02. The highest BCUT2D eigenvalue weighted by molar-refractivity contribution is 7.91. The van der Waals surface area contributed by atoms with Gasteiger partial charge in [-0.3, -0.25) is 4.68 Å². The third kappa shape index (κ3) is 3.18. The van der Waals surface area contributed by atoms with E-state index in [0.29, 0.717) is 18.0 Å². The van der Waals surface area contributed by atoms with Crippen molar-refractivity contribution < 1.29 is 13.2 Å². The molecule has 1 fully saturated rings. The van der Waals surface area contributed by atoms with Gasteiger partial charge in [0, 0.05) is 31.0 Å². The Labute approximate surface area is 143 Å². The number of sulfone groups is 1. The van der Waals surface area contributed by atoms with Gasteiger partial charge >= 0.3 is 0 Å². The maximum atomic E-state index is 11.9. The summed E-state index contributed by atoms with van der Waals surface area (Å²) in [5.74, 6) is 0.114. The number of ether oxygens (including phenoxy) is 1. The maximum Gasteiger partial charge on any atom is 0.178 e. The fourth-order valence-electron chi connectivity index (χ4n) is 2.99. The van der Waals surface area contributed by atoms with Gasteiger partial charge in [-0.05, 0) is 31.2 Å².